The molecule has 118 valence electrons. The van der Waals surface area contributed by atoms with E-state index in [0.717, 1.165) is 44.7 Å². The summed E-state index contributed by atoms with van der Waals surface area (Å²) >= 11 is 0. The summed E-state index contributed by atoms with van der Waals surface area (Å²) in [5.74, 6) is 0.898. The fourth-order valence-electron chi connectivity index (χ4n) is 2.32. The number of ether oxygens (including phenoxy) is 3. The molecule has 1 atom stereocenters. The number of hydrogen-bond donors (Lipinski definition) is 1. The summed E-state index contributed by atoms with van der Waals surface area (Å²) in [6, 6.07) is 8.24. The summed E-state index contributed by atoms with van der Waals surface area (Å²) in [6.45, 7) is 6.90. The molecule has 4 heteroatoms. The second-order valence-electron chi connectivity index (χ2n) is 5.38. The molecule has 1 aliphatic heterocycles. The smallest absolute Gasteiger partial charge is 0.119 e. The van der Waals surface area contributed by atoms with Crippen LogP contribution in [0.15, 0.2) is 24.3 Å². The van der Waals surface area contributed by atoms with Crippen LogP contribution in [0.25, 0.3) is 0 Å². The Morgan fingerprint density at radius 1 is 1.24 bits per heavy atom. The first-order chi connectivity index (χ1) is 10.4. The van der Waals surface area contributed by atoms with Gasteiger partial charge in [-0.05, 0) is 43.5 Å². The van der Waals surface area contributed by atoms with Crippen LogP contribution in [0.5, 0.6) is 5.75 Å². The summed E-state index contributed by atoms with van der Waals surface area (Å²) in [5.41, 5.74) is 1.28. The fraction of sp³-hybridized carbons (Fsp3) is 0.647. The van der Waals surface area contributed by atoms with Crippen LogP contribution in [0.3, 0.4) is 0 Å². The van der Waals surface area contributed by atoms with Crippen molar-refractivity contribution in [3.8, 4) is 5.75 Å². The molecule has 4 nitrogen and oxygen atoms in total. The predicted molar refractivity (Wildman–Crippen MR) is 83.7 cm³/mol. The molecule has 0 saturated carbocycles. The highest BCUT2D eigenvalue weighted by Gasteiger charge is 2.14. The molecule has 1 heterocycles. The second-order valence-corrected chi connectivity index (χ2v) is 5.38. The molecule has 1 aliphatic rings. The zero-order valence-corrected chi connectivity index (χ0v) is 13.0. The molecule has 0 spiro atoms. The highest BCUT2D eigenvalue weighted by atomic mass is 16.5. The van der Waals surface area contributed by atoms with E-state index in [0.29, 0.717) is 25.9 Å². The van der Waals surface area contributed by atoms with Gasteiger partial charge in [-0.15, -0.1) is 0 Å². The van der Waals surface area contributed by atoms with E-state index in [2.05, 4.69) is 24.4 Å². The van der Waals surface area contributed by atoms with E-state index in [9.17, 15) is 0 Å². The number of nitrogens with one attached hydrogen (secondary N) is 1. The van der Waals surface area contributed by atoms with Gasteiger partial charge in [0.05, 0.1) is 19.3 Å². The Hall–Kier alpha value is -1.10. The lowest BCUT2D eigenvalue weighted by Gasteiger charge is -2.11. The molecule has 21 heavy (non-hydrogen) atoms. The number of hydrogen-bond acceptors (Lipinski definition) is 4. The zero-order valence-electron chi connectivity index (χ0n) is 13.0. The largest absolute Gasteiger partial charge is 0.491 e. The van der Waals surface area contributed by atoms with Crippen molar-refractivity contribution in [1.82, 2.24) is 5.32 Å². The summed E-state index contributed by atoms with van der Waals surface area (Å²) in [6.07, 6.45) is 3.73. The third-order valence-corrected chi connectivity index (χ3v) is 3.50. The first-order valence-electron chi connectivity index (χ1n) is 8.00. The third-order valence-electron chi connectivity index (χ3n) is 3.50. The van der Waals surface area contributed by atoms with Crippen LogP contribution in [0.4, 0.5) is 0 Å². The molecule has 0 amide bonds. The highest BCUT2D eigenvalue weighted by molar-refractivity contribution is 5.27. The molecule has 0 aromatic heterocycles. The lowest BCUT2D eigenvalue weighted by Crippen LogP contribution is -2.17. The summed E-state index contributed by atoms with van der Waals surface area (Å²) in [5, 5.41) is 3.38. The van der Waals surface area contributed by atoms with E-state index in [4.69, 9.17) is 14.2 Å². The van der Waals surface area contributed by atoms with Crippen molar-refractivity contribution in [2.75, 3.05) is 33.0 Å². The molecular weight excluding hydrogens is 266 g/mol. The van der Waals surface area contributed by atoms with E-state index >= 15 is 0 Å². The Bertz CT molecular complexity index is 374. The van der Waals surface area contributed by atoms with Gasteiger partial charge in [0, 0.05) is 13.2 Å². The maximum Gasteiger partial charge on any atom is 0.119 e. The second kappa shape index (κ2) is 9.77. The molecule has 1 unspecified atom stereocenters. The number of rotatable bonds is 10. The average Bonchev–Trinajstić information content (AvgIpc) is 3.02. The minimum Gasteiger partial charge on any atom is -0.491 e. The molecule has 1 fully saturated rings. The molecule has 1 aromatic carbocycles. The SMILES string of the molecule is CCCNCc1ccc(OCCOCC2CCCO2)cc1. The highest BCUT2D eigenvalue weighted by Crippen LogP contribution is 2.13. The summed E-state index contributed by atoms with van der Waals surface area (Å²) in [4.78, 5) is 0. The van der Waals surface area contributed by atoms with Crippen LogP contribution in [0.1, 0.15) is 31.7 Å². The van der Waals surface area contributed by atoms with Gasteiger partial charge in [0.15, 0.2) is 0 Å². The van der Waals surface area contributed by atoms with Gasteiger partial charge in [-0.25, -0.2) is 0 Å². The normalized spacial score (nSPS) is 18.0. The minimum absolute atomic E-state index is 0.292. The Morgan fingerprint density at radius 2 is 2.10 bits per heavy atom. The van der Waals surface area contributed by atoms with Crippen molar-refractivity contribution in [3.63, 3.8) is 0 Å². The molecular formula is C17H27NO3. The monoisotopic (exact) mass is 293 g/mol. The predicted octanol–water partition coefficient (Wildman–Crippen LogP) is 2.76. The van der Waals surface area contributed by atoms with Gasteiger partial charge in [-0.2, -0.15) is 0 Å². The van der Waals surface area contributed by atoms with E-state index in [1.54, 1.807) is 0 Å². The fourth-order valence-corrected chi connectivity index (χ4v) is 2.32. The van der Waals surface area contributed by atoms with Gasteiger partial charge in [0.2, 0.25) is 0 Å². The van der Waals surface area contributed by atoms with Crippen LogP contribution in [-0.4, -0.2) is 39.1 Å². The summed E-state index contributed by atoms with van der Waals surface area (Å²) in [7, 11) is 0. The molecule has 1 saturated heterocycles. The van der Waals surface area contributed by atoms with Gasteiger partial charge in [0.1, 0.15) is 12.4 Å². The van der Waals surface area contributed by atoms with Crippen LogP contribution in [0.2, 0.25) is 0 Å². The summed E-state index contributed by atoms with van der Waals surface area (Å²) < 4.78 is 16.7. The Balaban J connectivity index is 1.55. The van der Waals surface area contributed by atoms with Crippen LogP contribution in [0, 0.1) is 0 Å². The first-order valence-corrected chi connectivity index (χ1v) is 8.00. The van der Waals surface area contributed by atoms with Gasteiger partial charge in [0.25, 0.3) is 0 Å². The van der Waals surface area contributed by atoms with E-state index in [-0.39, 0.29) is 0 Å². The van der Waals surface area contributed by atoms with Crippen LogP contribution in [-0.2, 0) is 16.0 Å². The van der Waals surface area contributed by atoms with E-state index in [1.165, 1.54) is 5.56 Å². The lowest BCUT2D eigenvalue weighted by atomic mass is 10.2. The molecule has 0 aliphatic carbocycles. The van der Waals surface area contributed by atoms with Gasteiger partial charge in [-0.1, -0.05) is 19.1 Å². The van der Waals surface area contributed by atoms with Crippen molar-refractivity contribution in [1.29, 1.82) is 0 Å². The van der Waals surface area contributed by atoms with E-state index < -0.39 is 0 Å². The van der Waals surface area contributed by atoms with Gasteiger partial charge in [-0.3, -0.25) is 0 Å². The van der Waals surface area contributed by atoms with Crippen molar-refractivity contribution >= 4 is 0 Å². The van der Waals surface area contributed by atoms with Crippen molar-refractivity contribution in [2.45, 2.75) is 38.8 Å². The maximum absolute atomic E-state index is 5.67. The van der Waals surface area contributed by atoms with Crippen LogP contribution < -0.4 is 10.1 Å². The third kappa shape index (κ3) is 6.46. The van der Waals surface area contributed by atoms with E-state index in [1.807, 2.05) is 12.1 Å². The first kappa shape index (κ1) is 16.3. The minimum atomic E-state index is 0.292. The topological polar surface area (TPSA) is 39.7 Å². The zero-order chi connectivity index (χ0) is 14.8. The Kier molecular flexibility index (Phi) is 7.57. The van der Waals surface area contributed by atoms with Crippen molar-refractivity contribution in [3.05, 3.63) is 29.8 Å². The molecule has 0 radical (unpaired) electrons. The Labute approximate surface area is 127 Å². The molecule has 2 rings (SSSR count). The standard InChI is InChI=1S/C17H27NO3/c1-2-9-18-13-15-5-7-16(8-6-15)21-12-11-19-14-17-4-3-10-20-17/h5-8,17-18H,2-4,9-14H2,1H3. The molecule has 0 bridgehead atoms. The van der Waals surface area contributed by atoms with Crippen LogP contribution >= 0.6 is 0 Å². The quantitative estimate of drug-likeness (QED) is 0.673. The van der Waals surface area contributed by atoms with Crippen molar-refractivity contribution < 1.29 is 14.2 Å². The number of benzene rings is 1. The molecule has 1 aromatic rings. The maximum atomic E-state index is 5.67. The molecule has 1 N–H and O–H groups in total. The Morgan fingerprint density at radius 3 is 2.81 bits per heavy atom. The lowest BCUT2D eigenvalue weighted by molar-refractivity contribution is 0.00853. The van der Waals surface area contributed by atoms with Crippen molar-refractivity contribution in [2.24, 2.45) is 0 Å². The van der Waals surface area contributed by atoms with Gasteiger partial charge < -0.3 is 19.5 Å². The average molecular weight is 293 g/mol. The van der Waals surface area contributed by atoms with Gasteiger partial charge >= 0.3 is 0 Å².